The van der Waals surface area contributed by atoms with Gasteiger partial charge in [0.15, 0.2) is 11.5 Å². The van der Waals surface area contributed by atoms with E-state index >= 15 is 0 Å². The molecule has 0 aromatic carbocycles. The first-order valence-electron chi connectivity index (χ1n) is 9.49. The third kappa shape index (κ3) is 2.89. The molecule has 3 aromatic rings. The average molecular weight is 369 g/mol. The van der Waals surface area contributed by atoms with E-state index in [0.717, 1.165) is 43.5 Å². The van der Waals surface area contributed by atoms with Gasteiger partial charge in [-0.3, -0.25) is 0 Å². The summed E-state index contributed by atoms with van der Waals surface area (Å²) in [5.41, 5.74) is 2.26. The number of aryl methyl sites for hydroxylation is 1. The van der Waals surface area contributed by atoms with Crippen LogP contribution in [-0.2, 0) is 6.54 Å². The average Bonchev–Trinajstić information content (AvgIpc) is 3.15. The number of nitrogens with one attached hydrogen (secondary N) is 1. The van der Waals surface area contributed by atoms with Gasteiger partial charge in [0.25, 0.3) is 0 Å². The van der Waals surface area contributed by atoms with Crippen LogP contribution in [0.5, 0.6) is 0 Å². The quantitative estimate of drug-likeness (QED) is 0.725. The van der Waals surface area contributed by atoms with Crippen molar-refractivity contribution in [2.24, 2.45) is 5.92 Å². The maximum Gasteiger partial charge on any atom is 0.178 e. The lowest BCUT2D eigenvalue weighted by atomic mass is 9.85. The fourth-order valence-corrected chi connectivity index (χ4v) is 4.62. The lowest BCUT2D eigenvalue weighted by Crippen LogP contribution is -2.51. The van der Waals surface area contributed by atoms with Crippen molar-refractivity contribution in [1.82, 2.24) is 25.1 Å². The Labute approximate surface area is 157 Å². The molecule has 4 heterocycles. The fourth-order valence-electron chi connectivity index (χ4n) is 3.75. The van der Waals surface area contributed by atoms with E-state index in [1.165, 1.54) is 29.7 Å². The Morgan fingerprint density at radius 3 is 2.81 bits per heavy atom. The minimum Gasteiger partial charge on any atom is -0.354 e. The maximum atomic E-state index is 4.83. The van der Waals surface area contributed by atoms with Gasteiger partial charge in [-0.2, -0.15) is 4.52 Å². The van der Waals surface area contributed by atoms with Crippen molar-refractivity contribution in [2.45, 2.75) is 38.6 Å². The number of hydrogen-bond donors (Lipinski definition) is 1. The molecule has 136 valence electrons. The Kier molecular flexibility index (Phi) is 4.13. The minimum atomic E-state index is 0.543. The molecule has 26 heavy (non-hydrogen) atoms. The Morgan fingerprint density at radius 1 is 1.19 bits per heavy atom. The van der Waals surface area contributed by atoms with Crippen molar-refractivity contribution in [3.05, 3.63) is 39.8 Å². The summed E-state index contributed by atoms with van der Waals surface area (Å²) in [5, 5.41) is 19.2. The van der Waals surface area contributed by atoms with Crippen molar-refractivity contribution in [3.63, 3.8) is 0 Å². The number of rotatable bonds is 6. The van der Waals surface area contributed by atoms with Crippen LogP contribution < -0.4 is 10.2 Å². The third-order valence-electron chi connectivity index (χ3n) is 5.71. The summed E-state index contributed by atoms with van der Waals surface area (Å²) in [6, 6.07) is 6.31. The van der Waals surface area contributed by atoms with Gasteiger partial charge in [0.1, 0.15) is 5.82 Å². The molecule has 1 saturated heterocycles. The van der Waals surface area contributed by atoms with Crippen molar-refractivity contribution >= 4 is 22.8 Å². The van der Waals surface area contributed by atoms with E-state index in [0.29, 0.717) is 11.8 Å². The fraction of sp³-hybridized carbons (Fsp3) is 0.526. The van der Waals surface area contributed by atoms with Crippen molar-refractivity contribution in [2.75, 3.05) is 24.5 Å². The number of fused-ring (bicyclic) bond motifs is 1. The molecule has 0 unspecified atom stereocenters. The highest BCUT2D eigenvalue weighted by atomic mass is 32.1. The van der Waals surface area contributed by atoms with Gasteiger partial charge < -0.3 is 10.2 Å². The van der Waals surface area contributed by atoms with E-state index in [2.05, 4.69) is 44.9 Å². The van der Waals surface area contributed by atoms with Crippen LogP contribution >= 0.6 is 11.3 Å². The lowest BCUT2D eigenvalue weighted by Gasteiger charge is -2.40. The van der Waals surface area contributed by atoms with Gasteiger partial charge in [0.05, 0.1) is 0 Å². The second-order valence-corrected chi connectivity index (χ2v) is 8.58. The standard InChI is InChI=1S/C19H24N6S/c1-13-7-8-26-16(13)10-20-9-14-11-24(12-14)18-6-5-17-21-22-19(25(17)23-18)15-3-2-4-15/h5-8,14-15,20H,2-4,9-12H2,1H3. The first kappa shape index (κ1) is 16.2. The SMILES string of the molecule is Cc1ccsc1CNCC1CN(c2ccc3nnc(C4CCC4)n3n2)C1. The van der Waals surface area contributed by atoms with E-state index in [9.17, 15) is 0 Å². The number of aromatic nitrogens is 4. The molecule has 7 heteroatoms. The molecule has 0 atom stereocenters. The molecule has 2 aliphatic rings. The molecule has 1 aliphatic heterocycles. The second-order valence-electron chi connectivity index (χ2n) is 7.58. The lowest BCUT2D eigenvalue weighted by molar-refractivity contribution is 0.378. The smallest absolute Gasteiger partial charge is 0.178 e. The topological polar surface area (TPSA) is 58.3 Å². The van der Waals surface area contributed by atoms with Gasteiger partial charge in [-0.15, -0.1) is 26.6 Å². The molecular weight excluding hydrogens is 344 g/mol. The Hall–Kier alpha value is -1.99. The van der Waals surface area contributed by atoms with Gasteiger partial charge in [-0.1, -0.05) is 6.42 Å². The van der Waals surface area contributed by atoms with E-state index in [1.807, 2.05) is 21.9 Å². The van der Waals surface area contributed by atoms with Crippen LogP contribution in [0.25, 0.3) is 5.65 Å². The molecule has 3 aromatic heterocycles. The first-order chi connectivity index (χ1) is 12.8. The molecule has 6 nitrogen and oxygen atoms in total. The summed E-state index contributed by atoms with van der Waals surface area (Å²) in [4.78, 5) is 3.80. The zero-order valence-corrected chi connectivity index (χ0v) is 15.9. The summed E-state index contributed by atoms with van der Waals surface area (Å²) >= 11 is 1.84. The molecular formula is C19H24N6S. The van der Waals surface area contributed by atoms with Crippen molar-refractivity contribution in [1.29, 1.82) is 0 Å². The van der Waals surface area contributed by atoms with E-state index in [-0.39, 0.29) is 0 Å². The van der Waals surface area contributed by atoms with E-state index < -0.39 is 0 Å². The summed E-state index contributed by atoms with van der Waals surface area (Å²) < 4.78 is 1.96. The van der Waals surface area contributed by atoms with E-state index in [1.54, 1.807) is 0 Å². The van der Waals surface area contributed by atoms with Crippen LogP contribution in [0.15, 0.2) is 23.6 Å². The van der Waals surface area contributed by atoms with Crippen LogP contribution in [0.2, 0.25) is 0 Å². The summed E-state index contributed by atoms with van der Waals surface area (Å²) in [7, 11) is 0. The van der Waals surface area contributed by atoms with Crippen LogP contribution in [0.1, 0.15) is 41.4 Å². The van der Waals surface area contributed by atoms with Gasteiger partial charge in [0.2, 0.25) is 0 Å². The molecule has 1 saturated carbocycles. The molecule has 0 bridgehead atoms. The summed E-state index contributed by atoms with van der Waals surface area (Å²) in [6.45, 7) is 6.36. The Bertz CT molecular complexity index is 906. The number of anilines is 1. The molecule has 0 spiro atoms. The van der Waals surface area contributed by atoms with Crippen LogP contribution in [0, 0.1) is 12.8 Å². The molecule has 1 aliphatic carbocycles. The highest BCUT2D eigenvalue weighted by Crippen LogP contribution is 2.35. The number of nitrogens with zero attached hydrogens (tertiary/aromatic N) is 5. The zero-order chi connectivity index (χ0) is 17.5. The van der Waals surface area contributed by atoms with Crippen molar-refractivity contribution < 1.29 is 0 Å². The van der Waals surface area contributed by atoms with Gasteiger partial charge in [-0.25, -0.2) is 0 Å². The molecule has 0 radical (unpaired) electrons. The second kappa shape index (κ2) is 6.63. The van der Waals surface area contributed by atoms with Crippen LogP contribution in [0.3, 0.4) is 0 Å². The molecule has 0 amide bonds. The maximum absolute atomic E-state index is 4.83. The number of thiophene rings is 1. The zero-order valence-electron chi connectivity index (χ0n) is 15.1. The minimum absolute atomic E-state index is 0.543. The van der Waals surface area contributed by atoms with Gasteiger partial charge >= 0.3 is 0 Å². The highest BCUT2D eigenvalue weighted by molar-refractivity contribution is 7.10. The predicted molar refractivity (Wildman–Crippen MR) is 104 cm³/mol. The van der Waals surface area contributed by atoms with Gasteiger partial charge in [0, 0.05) is 42.9 Å². The monoisotopic (exact) mass is 368 g/mol. The third-order valence-corrected chi connectivity index (χ3v) is 6.73. The highest BCUT2D eigenvalue weighted by Gasteiger charge is 2.29. The molecule has 5 rings (SSSR count). The van der Waals surface area contributed by atoms with Gasteiger partial charge in [-0.05, 0) is 48.9 Å². The van der Waals surface area contributed by atoms with Crippen LogP contribution in [-0.4, -0.2) is 39.4 Å². The Balaban J connectivity index is 1.19. The summed E-state index contributed by atoms with van der Waals surface area (Å²) in [6.07, 6.45) is 3.73. The molecule has 1 N–H and O–H groups in total. The normalized spacial score (nSPS) is 18.3. The Morgan fingerprint density at radius 2 is 2.08 bits per heavy atom. The number of hydrogen-bond acceptors (Lipinski definition) is 6. The summed E-state index contributed by atoms with van der Waals surface area (Å²) in [5.74, 6) is 3.32. The largest absolute Gasteiger partial charge is 0.354 e. The van der Waals surface area contributed by atoms with E-state index in [4.69, 9.17) is 5.10 Å². The predicted octanol–water partition coefficient (Wildman–Crippen LogP) is 2.99. The first-order valence-corrected chi connectivity index (χ1v) is 10.4. The van der Waals surface area contributed by atoms with Crippen molar-refractivity contribution in [3.8, 4) is 0 Å². The van der Waals surface area contributed by atoms with Crippen LogP contribution in [0.4, 0.5) is 5.82 Å². The molecule has 2 fully saturated rings.